The van der Waals surface area contributed by atoms with Gasteiger partial charge < -0.3 is 5.73 Å². The first-order valence-corrected chi connectivity index (χ1v) is 8.73. The van der Waals surface area contributed by atoms with Gasteiger partial charge in [0.1, 0.15) is 0 Å². The van der Waals surface area contributed by atoms with Crippen LogP contribution < -0.4 is 5.73 Å². The van der Waals surface area contributed by atoms with Gasteiger partial charge in [-0.3, -0.25) is 0 Å². The molecule has 0 unspecified atom stereocenters. The molecule has 0 bridgehead atoms. The Bertz CT molecular complexity index is 556. The predicted molar refractivity (Wildman–Crippen MR) is 80.3 cm³/mol. The van der Waals surface area contributed by atoms with Gasteiger partial charge in [-0.2, -0.15) is 4.31 Å². The summed E-state index contributed by atoms with van der Waals surface area (Å²) in [7, 11) is -3.46. The topological polar surface area (TPSA) is 63.4 Å². The van der Waals surface area contributed by atoms with Crippen molar-refractivity contribution in [2.75, 3.05) is 18.8 Å². The van der Waals surface area contributed by atoms with Crippen molar-refractivity contribution in [2.24, 2.45) is 5.92 Å². The maximum Gasteiger partial charge on any atom is 0.244 e. The summed E-state index contributed by atoms with van der Waals surface area (Å²) < 4.78 is 27.6. The number of sulfonamides is 1. The molecule has 0 atom stereocenters. The van der Waals surface area contributed by atoms with Crippen LogP contribution in [0.4, 0.5) is 5.69 Å². The predicted octanol–water partition coefficient (Wildman–Crippen LogP) is 2.84. The van der Waals surface area contributed by atoms with Gasteiger partial charge in [0.05, 0.1) is 4.90 Å². The fourth-order valence-corrected chi connectivity index (χ4v) is 4.57. The zero-order valence-electron chi connectivity index (χ0n) is 11.0. The molecular formula is C13H19BrN2O2S. The van der Waals surface area contributed by atoms with E-state index in [-0.39, 0.29) is 4.90 Å². The molecule has 1 aliphatic carbocycles. The number of hydrogen-bond donors (Lipinski definition) is 1. The van der Waals surface area contributed by atoms with Gasteiger partial charge in [-0.1, -0.05) is 6.92 Å². The lowest BCUT2D eigenvalue weighted by molar-refractivity contribution is 0.395. The fourth-order valence-electron chi connectivity index (χ4n) is 2.00. The second-order valence-electron chi connectivity index (χ2n) is 5.00. The molecule has 19 heavy (non-hydrogen) atoms. The second-order valence-corrected chi connectivity index (χ2v) is 7.76. The van der Waals surface area contributed by atoms with E-state index < -0.39 is 10.0 Å². The van der Waals surface area contributed by atoms with Gasteiger partial charge in [0.25, 0.3) is 0 Å². The Hall–Kier alpha value is -0.590. The summed E-state index contributed by atoms with van der Waals surface area (Å²) in [6, 6.07) is 4.90. The molecule has 1 aliphatic rings. The Morgan fingerprint density at radius 2 is 2.11 bits per heavy atom. The number of nitrogens with two attached hydrogens (primary N) is 1. The standard InChI is InChI=1S/C13H19BrN2O2S/c1-2-7-16(9-10-3-4-10)19(17,18)13-8-11(15)5-6-12(13)14/h5-6,8,10H,2-4,7,9,15H2,1H3. The Balaban J connectivity index is 2.34. The third kappa shape index (κ3) is 3.49. The highest BCUT2D eigenvalue weighted by Gasteiger charge is 2.32. The Labute approximate surface area is 123 Å². The number of benzene rings is 1. The van der Waals surface area contributed by atoms with E-state index in [0.717, 1.165) is 19.3 Å². The minimum absolute atomic E-state index is 0.265. The minimum atomic E-state index is -3.46. The van der Waals surface area contributed by atoms with Crippen molar-refractivity contribution in [2.45, 2.75) is 31.1 Å². The summed E-state index contributed by atoms with van der Waals surface area (Å²) in [5, 5.41) is 0. The first-order valence-electron chi connectivity index (χ1n) is 6.50. The molecule has 1 aromatic carbocycles. The van der Waals surface area contributed by atoms with Crippen molar-refractivity contribution in [3.63, 3.8) is 0 Å². The van der Waals surface area contributed by atoms with Gasteiger partial charge in [-0.05, 0) is 59.3 Å². The molecule has 106 valence electrons. The molecule has 4 nitrogen and oxygen atoms in total. The van der Waals surface area contributed by atoms with Crippen LogP contribution in [0, 0.1) is 5.92 Å². The van der Waals surface area contributed by atoms with Gasteiger partial charge in [0.2, 0.25) is 10.0 Å². The van der Waals surface area contributed by atoms with E-state index in [1.807, 2.05) is 6.92 Å². The summed E-state index contributed by atoms with van der Waals surface area (Å²) in [6.07, 6.45) is 3.08. The number of rotatable bonds is 6. The summed E-state index contributed by atoms with van der Waals surface area (Å²) in [6.45, 7) is 3.17. The lowest BCUT2D eigenvalue weighted by Gasteiger charge is -2.22. The summed E-state index contributed by atoms with van der Waals surface area (Å²) >= 11 is 3.31. The summed E-state index contributed by atoms with van der Waals surface area (Å²) in [4.78, 5) is 0.265. The number of anilines is 1. The van der Waals surface area contributed by atoms with Gasteiger partial charge in [0, 0.05) is 23.2 Å². The van der Waals surface area contributed by atoms with Crippen molar-refractivity contribution >= 4 is 31.6 Å². The van der Waals surface area contributed by atoms with Crippen molar-refractivity contribution in [1.29, 1.82) is 0 Å². The highest BCUT2D eigenvalue weighted by molar-refractivity contribution is 9.10. The molecule has 0 amide bonds. The highest BCUT2D eigenvalue weighted by atomic mass is 79.9. The van der Waals surface area contributed by atoms with Gasteiger partial charge in [-0.15, -0.1) is 0 Å². The molecule has 0 radical (unpaired) electrons. The molecule has 0 saturated heterocycles. The van der Waals surface area contributed by atoms with Crippen molar-refractivity contribution in [3.05, 3.63) is 22.7 Å². The average Bonchev–Trinajstić information content (AvgIpc) is 3.15. The SMILES string of the molecule is CCCN(CC1CC1)S(=O)(=O)c1cc(N)ccc1Br. The molecule has 0 aliphatic heterocycles. The van der Waals surface area contributed by atoms with Crippen LogP contribution in [0.5, 0.6) is 0 Å². The average molecular weight is 347 g/mol. The minimum Gasteiger partial charge on any atom is -0.399 e. The molecule has 1 aromatic rings. The van der Waals surface area contributed by atoms with Crippen molar-refractivity contribution in [3.8, 4) is 0 Å². The first-order chi connectivity index (χ1) is 8.95. The third-order valence-electron chi connectivity index (χ3n) is 3.20. The van der Waals surface area contributed by atoms with Gasteiger partial charge in [-0.25, -0.2) is 8.42 Å². The van der Waals surface area contributed by atoms with Crippen LogP contribution in [-0.2, 0) is 10.0 Å². The normalized spacial score (nSPS) is 15.9. The molecule has 1 saturated carbocycles. The summed E-state index contributed by atoms with van der Waals surface area (Å²) in [5.41, 5.74) is 6.17. The van der Waals surface area contributed by atoms with E-state index in [2.05, 4.69) is 15.9 Å². The second kappa shape index (κ2) is 5.81. The molecule has 0 aromatic heterocycles. The van der Waals surface area contributed by atoms with Crippen LogP contribution in [0.1, 0.15) is 26.2 Å². The molecule has 2 N–H and O–H groups in total. The van der Waals surface area contributed by atoms with E-state index in [0.29, 0.717) is 29.2 Å². The Morgan fingerprint density at radius 1 is 1.42 bits per heavy atom. The maximum atomic E-state index is 12.7. The van der Waals surface area contributed by atoms with Crippen LogP contribution in [0.25, 0.3) is 0 Å². The zero-order chi connectivity index (χ0) is 14.0. The molecule has 6 heteroatoms. The van der Waals surface area contributed by atoms with Crippen molar-refractivity contribution < 1.29 is 8.42 Å². The quantitative estimate of drug-likeness (QED) is 0.805. The van der Waals surface area contributed by atoms with Crippen LogP contribution in [0.15, 0.2) is 27.6 Å². The van der Waals surface area contributed by atoms with Gasteiger partial charge >= 0.3 is 0 Å². The van der Waals surface area contributed by atoms with Crippen LogP contribution in [-0.4, -0.2) is 25.8 Å². The Morgan fingerprint density at radius 3 is 2.68 bits per heavy atom. The van der Waals surface area contributed by atoms with Crippen molar-refractivity contribution in [1.82, 2.24) is 4.31 Å². The monoisotopic (exact) mass is 346 g/mol. The lowest BCUT2D eigenvalue weighted by Crippen LogP contribution is -2.34. The molecule has 1 fully saturated rings. The van der Waals surface area contributed by atoms with Gasteiger partial charge in [0.15, 0.2) is 0 Å². The first kappa shape index (κ1) is 14.8. The smallest absolute Gasteiger partial charge is 0.244 e. The zero-order valence-corrected chi connectivity index (χ0v) is 13.4. The number of nitrogen functional groups attached to an aromatic ring is 1. The number of nitrogens with zero attached hydrogens (tertiary/aromatic N) is 1. The molecular weight excluding hydrogens is 328 g/mol. The Kier molecular flexibility index (Phi) is 4.53. The molecule has 0 heterocycles. The highest BCUT2D eigenvalue weighted by Crippen LogP contribution is 2.33. The number of hydrogen-bond acceptors (Lipinski definition) is 3. The van der Waals surface area contributed by atoms with E-state index >= 15 is 0 Å². The van der Waals surface area contributed by atoms with E-state index in [1.54, 1.807) is 16.4 Å². The van der Waals surface area contributed by atoms with Crippen LogP contribution >= 0.6 is 15.9 Å². The summed E-state index contributed by atoms with van der Waals surface area (Å²) in [5.74, 6) is 0.529. The third-order valence-corrected chi connectivity index (χ3v) is 6.06. The van der Waals surface area contributed by atoms with Crippen LogP contribution in [0.3, 0.4) is 0 Å². The number of halogens is 1. The largest absolute Gasteiger partial charge is 0.399 e. The van der Waals surface area contributed by atoms with E-state index in [1.165, 1.54) is 6.07 Å². The van der Waals surface area contributed by atoms with E-state index in [4.69, 9.17) is 5.73 Å². The lowest BCUT2D eigenvalue weighted by atomic mass is 10.3. The van der Waals surface area contributed by atoms with E-state index in [9.17, 15) is 8.42 Å². The maximum absolute atomic E-state index is 12.7. The van der Waals surface area contributed by atoms with Crippen LogP contribution in [0.2, 0.25) is 0 Å². The molecule has 2 rings (SSSR count). The molecule has 0 spiro atoms. The fraction of sp³-hybridized carbons (Fsp3) is 0.538.